The van der Waals surface area contributed by atoms with E-state index in [0.29, 0.717) is 5.82 Å². The Morgan fingerprint density at radius 3 is 2.81 bits per heavy atom. The topological polar surface area (TPSA) is 51.2 Å². The molecule has 0 aromatic carbocycles. The van der Waals surface area contributed by atoms with Gasteiger partial charge in [-0.05, 0) is 32.9 Å². The van der Waals surface area contributed by atoms with Crippen LogP contribution in [-0.4, -0.2) is 21.2 Å². The standard InChI is InChI=1S/C11H15IN2O2/c1-11(2,3)16-10(15)14-9-7-8(12-4)5-6-13-9/h5-7H,4H2,1-3H3,(H,13,14,15). The minimum Gasteiger partial charge on any atom is -0.444 e. The van der Waals surface area contributed by atoms with Gasteiger partial charge in [-0.25, -0.2) is 9.78 Å². The summed E-state index contributed by atoms with van der Waals surface area (Å²) in [6.07, 6.45) is 1.17. The molecule has 4 nitrogen and oxygen atoms in total. The second-order valence-corrected chi connectivity index (χ2v) is 6.13. The summed E-state index contributed by atoms with van der Waals surface area (Å²) in [4.78, 5) is 15.5. The Labute approximate surface area is 105 Å². The van der Waals surface area contributed by atoms with Crippen LogP contribution in [-0.2, 0) is 4.74 Å². The van der Waals surface area contributed by atoms with Crippen molar-refractivity contribution >= 4 is 37.2 Å². The molecule has 1 amide bonds. The lowest BCUT2D eigenvalue weighted by Gasteiger charge is -2.19. The predicted molar refractivity (Wildman–Crippen MR) is 73.9 cm³/mol. The molecular weight excluding hydrogens is 319 g/mol. The lowest BCUT2D eigenvalue weighted by molar-refractivity contribution is 0.0635. The number of pyridine rings is 1. The Balaban J connectivity index is 2.66. The lowest BCUT2D eigenvalue weighted by Crippen LogP contribution is -2.27. The number of anilines is 1. The molecule has 5 heteroatoms. The fraction of sp³-hybridized carbons (Fsp3) is 0.364. The predicted octanol–water partition coefficient (Wildman–Crippen LogP) is 3.00. The average molecular weight is 334 g/mol. The number of carbonyl (C=O) groups is 1. The van der Waals surface area contributed by atoms with E-state index in [4.69, 9.17) is 4.74 Å². The van der Waals surface area contributed by atoms with Gasteiger partial charge in [-0.1, -0.05) is 25.2 Å². The Bertz CT molecular complexity index is 399. The fourth-order valence-electron chi connectivity index (χ4n) is 0.964. The van der Waals surface area contributed by atoms with Gasteiger partial charge in [0.05, 0.1) is 0 Å². The molecule has 1 aromatic heterocycles. The highest BCUT2D eigenvalue weighted by molar-refractivity contribution is 14.2. The molecular formula is C11H15IN2O2. The first kappa shape index (κ1) is 13.1. The van der Waals surface area contributed by atoms with Crippen LogP contribution in [0.25, 0.3) is 0 Å². The Hall–Kier alpha value is -0.980. The summed E-state index contributed by atoms with van der Waals surface area (Å²) in [5.74, 6) is 0.509. The molecule has 1 heterocycles. The third-order valence-corrected chi connectivity index (χ3v) is 3.06. The maximum Gasteiger partial charge on any atom is 0.413 e. The highest BCUT2D eigenvalue weighted by atomic mass is 127. The number of carbonyl (C=O) groups excluding carboxylic acids is 1. The van der Waals surface area contributed by atoms with Crippen LogP contribution in [0.15, 0.2) is 18.3 Å². The van der Waals surface area contributed by atoms with Crippen molar-refractivity contribution in [3.05, 3.63) is 21.9 Å². The van der Waals surface area contributed by atoms with Crippen molar-refractivity contribution in [3.8, 4) is 0 Å². The molecule has 0 aliphatic heterocycles. The minimum absolute atomic E-state index is 0.243. The van der Waals surface area contributed by atoms with Gasteiger partial charge in [0.15, 0.2) is 0 Å². The summed E-state index contributed by atoms with van der Waals surface area (Å²) in [6.45, 7) is 5.45. The fourth-order valence-corrected chi connectivity index (χ4v) is 1.89. The van der Waals surface area contributed by atoms with Crippen LogP contribution in [0.2, 0.25) is 0 Å². The maximum atomic E-state index is 11.4. The van der Waals surface area contributed by atoms with Gasteiger partial charge in [0.2, 0.25) is 0 Å². The van der Waals surface area contributed by atoms with E-state index in [1.807, 2.05) is 32.9 Å². The summed E-state index contributed by atoms with van der Waals surface area (Å²) in [7, 11) is 0. The molecule has 0 aliphatic rings. The molecule has 1 aromatic rings. The van der Waals surface area contributed by atoms with Crippen molar-refractivity contribution in [3.63, 3.8) is 0 Å². The largest absolute Gasteiger partial charge is 0.444 e. The first-order chi connectivity index (χ1) is 7.40. The van der Waals surface area contributed by atoms with E-state index in [-0.39, 0.29) is 20.7 Å². The number of rotatable bonds is 2. The van der Waals surface area contributed by atoms with Crippen LogP contribution < -0.4 is 5.32 Å². The molecule has 0 unspecified atom stereocenters. The smallest absolute Gasteiger partial charge is 0.413 e. The lowest BCUT2D eigenvalue weighted by atomic mass is 10.2. The molecule has 0 spiro atoms. The first-order valence-electron chi connectivity index (χ1n) is 4.75. The van der Waals surface area contributed by atoms with Gasteiger partial charge in [-0.3, -0.25) is 5.32 Å². The number of ether oxygens (including phenoxy) is 1. The van der Waals surface area contributed by atoms with Gasteiger partial charge in [0, 0.05) is 9.77 Å². The summed E-state index contributed by atoms with van der Waals surface area (Å²) in [5, 5.41) is 2.59. The van der Waals surface area contributed by atoms with E-state index in [0.717, 1.165) is 3.57 Å². The molecule has 1 N–H and O–H groups in total. The number of aromatic nitrogens is 1. The van der Waals surface area contributed by atoms with Crippen molar-refractivity contribution in [2.75, 3.05) is 5.32 Å². The van der Waals surface area contributed by atoms with E-state index in [1.165, 1.54) is 0 Å². The second kappa shape index (κ2) is 5.38. The monoisotopic (exact) mass is 334 g/mol. The number of halogens is 1. The van der Waals surface area contributed by atoms with Crippen LogP contribution in [0.3, 0.4) is 0 Å². The summed E-state index contributed by atoms with van der Waals surface area (Å²) >= 11 is -0.243. The van der Waals surface area contributed by atoms with Gasteiger partial charge in [-0.2, -0.15) is 0 Å². The van der Waals surface area contributed by atoms with Crippen molar-refractivity contribution in [2.24, 2.45) is 0 Å². The molecule has 0 bridgehead atoms. The molecule has 0 fully saturated rings. The third kappa shape index (κ3) is 4.69. The SMILES string of the molecule is C=Ic1ccnc(NC(=O)OC(C)(C)C)c1. The number of nitrogens with zero attached hydrogens (tertiary/aromatic N) is 1. The normalized spacial score (nSPS) is 10.9. The van der Waals surface area contributed by atoms with E-state index in [2.05, 4.69) is 14.8 Å². The van der Waals surface area contributed by atoms with Gasteiger partial charge in [-0.15, -0.1) is 0 Å². The van der Waals surface area contributed by atoms with Gasteiger partial charge >= 0.3 is 6.09 Å². The van der Waals surface area contributed by atoms with E-state index in [9.17, 15) is 4.79 Å². The molecule has 0 aliphatic carbocycles. The molecule has 16 heavy (non-hydrogen) atoms. The van der Waals surface area contributed by atoms with Gasteiger partial charge < -0.3 is 4.74 Å². The second-order valence-electron chi connectivity index (χ2n) is 4.12. The number of nitrogens with one attached hydrogen (secondary N) is 1. The number of hydrogen-bond donors (Lipinski definition) is 1. The van der Waals surface area contributed by atoms with E-state index < -0.39 is 11.7 Å². The van der Waals surface area contributed by atoms with Crippen molar-refractivity contribution < 1.29 is 9.53 Å². The summed E-state index contributed by atoms with van der Waals surface area (Å²) in [6, 6.07) is 3.73. The van der Waals surface area contributed by atoms with E-state index >= 15 is 0 Å². The zero-order chi connectivity index (χ0) is 12.2. The minimum atomic E-state index is -0.499. The van der Waals surface area contributed by atoms with E-state index in [1.54, 1.807) is 6.20 Å². The van der Waals surface area contributed by atoms with Crippen LogP contribution in [0.4, 0.5) is 10.6 Å². The van der Waals surface area contributed by atoms with Crippen LogP contribution in [0.5, 0.6) is 0 Å². The molecule has 1 rings (SSSR count). The average Bonchev–Trinajstić information content (AvgIpc) is 2.15. The molecule has 0 atom stereocenters. The summed E-state index contributed by atoms with van der Waals surface area (Å²) < 4.78 is 10.1. The van der Waals surface area contributed by atoms with Gasteiger partial charge in [0.1, 0.15) is 11.4 Å². The highest BCUT2D eigenvalue weighted by Crippen LogP contribution is 2.14. The van der Waals surface area contributed by atoms with Crippen molar-refractivity contribution in [2.45, 2.75) is 26.4 Å². The molecule has 0 saturated carbocycles. The number of amides is 1. The zero-order valence-corrected chi connectivity index (χ0v) is 11.7. The zero-order valence-electron chi connectivity index (χ0n) is 9.58. The van der Waals surface area contributed by atoms with Gasteiger partial charge in [0.25, 0.3) is 0 Å². The molecule has 0 radical (unpaired) electrons. The van der Waals surface area contributed by atoms with Crippen molar-refractivity contribution in [1.82, 2.24) is 4.98 Å². The van der Waals surface area contributed by atoms with Crippen LogP contribution in [0.1, 0.15) is 20.8 Å². The maximum absolute atomic E-state index is 11.4. The molecule has 0 saturated heterocycles. The Morgan fingerprint density at radius 1 is 1.56 bits per heavy atom. The Kier molecular flexibility index (Phi) is 4.40. The van der Waals surface area contributed by atoms with Crippen molar-refractivity contribution in [1.29, 1.82) is 0 Å². The summed E-state index contributed by atoms with van der Waals surface area (Å²) in [5.41, 5.74) is -0.499. The first-order valence-corrected chi connectivity index (χ1v) is 7.35. The van der Waals surface area contributed by atoms with Crippen LogP contribution in [0, 0.1) is 3.57 Å². The third-order valence-electron chi connectivity index (χ3n) is 1.51. The Morgan fingerprint density at radius 2 is 2.25 bits per heavy atom. The molecule has 88 valence electrons. The van der Waals surface area contributed by atoms with Crippen LogP contribution >= 0.6 is 20.7 Å². The number of hydrogen-bond acceptors (Lipinski definition) is 3. The quantitative estimate of drug-likeness (QED) is 0.846. The highest BCUT2D eigenvalue weighted by Gasteiger charge is 2.16.